The molecule has 0 saturated carbocycles. The third kappa shape index (κ3) is 2.50. The average molecular weight is 216 g/mol. The SMILES string of the molecule is CCCC[C@@H](N)CC1=CN=C2C=CC=C[C@H]12. The molecule has 2 rings (SSSR count). The average Bonchev–Trinajstić information content (AvgIpc) is 2.70. The van der Waals surface area contributed by atoms with Gasteiger partial charge in [0, 0.05) is 18.2 Å². The minimum absolute atomic E-state index is 0.292. The van der Waals surface area contributed by atoms with Gasteiger partial charge in [-0.3, -0.25) is 4.99 Å². The summed E-state index contributed by atoms with van der Waals surface area (Å²) in [6.45, 7) is 2.21. The maximum atomic E-state index is 6.13. The van der Waals surface area contributed by atoms with Crippen LogP contribution in [0.4, 0.5) is 0 Å². The molecule has 2 aliphatic rings. The smallest absolute Gasteiger partial charge is 0.0513 e. The van der Waals surface area contributed by atoms with E-state index in [4.69, 9.17) is 5.73 Å². The Labute approximate surface area is 97.6 Å². The minimum Gasteiger partial charge on any atom is -0.327 e. The largest absolute Gasteiger partial charge is 0.327 e. The van der Waals surface area contributed by atoms with Crippen molar-refractivity contribution < 1.29 is 0 Å². The number of nitrogens with two attached hydrogens (primary N) is 1. The Morgan fingerprint density at radius 1 is 1.44 bits per heavy atom. The van der Waals surface area contributed by atoms with Crippen molar-refractivity contribution in [3.63, 3.8) is 0 Å². The summed E-state index contributed by atoms with van der Waals surface area (Å²) >= 11 is 0. The Kier molecular flexibility index (Phi) is 3.73. The zero-order valence-electron chi connectivity index (χ0n) is 9.89. The topological polar surface area (TPSA) is 38.4 Å². The summed E-state index contributed by atoms with van der Waals surface area (Å²) in [5, 5.41) is 0. The van der Waals surface area contributed by atoms with E-state index in [-0.39, 0.29) is 0 Å². The van der Waals surface area contributed by atoms with Crippen LogP contribution in [0.2, 0.25) is 0 Å². The van der Waals surface area contributed by atoms with Gasteiger partial charge in [0.15, 0.2) is 0 Å². The molecule has 0 aromatic rings. The molecule has 0 radical (unpaired) electrons. The number of fused-ring (bicyclic) bond motifs is 1. The van der Waals surface area contributed by atoms with E-state index in [1.54, 1.807) is 0 Å². The normalized spacial score (nSPS) is 24.0. The van der Waals surface area contributed by atoms with Crippen molar-refractivity contribution in [1.82, 2.24) is 0 Å². The number of unbranched alkanes of at least 4 members (excludes halogenated alkanes) is 1. The summed E-state index contributed by atoms with van der Waals surface area (Å²) in [7, 11) is 0. The molecule has 2 heteroatoms. The molecule has 86 valence electrons. The highest BCUT2D eigenvalue weighted by Gasteiger charge is 2.23. The standard InChI is InChI=1S/C14H20N2/c1-2-3-6-12(15)9-11-10-16-14-8-5-4-7-13(11)14/h4-5,7-8,10,12-13H,2-3,6,9,15H2,1H3/t12-,13-/m1/s1. The van der Waals surface area contributed by atoms with Crippen molar-refractivity contribution in [3.8, 4) is 0 Å². The summed E-state index contributed by atoms with van der Waals surface area (Å²) in [5.41, 5.74) is 8.67. The molecule has 0 spiro atoms. The molecule has 16 heavy (non-hydrogen) atoms. The second kappa shape index (κ2) is 5.26. The van der Waals surface area contributed by atoms with Crippen LogP contribution in [0.3, 0.4) is 0 Å². The number of allylic oxidation sites excluding steroid dienone is 4. The molecule has 0 bridgehead atoms. The molecule has 0 amide bonds. The van der Waals surface area contributed by atoms with Gasteiger partial charge in [-0.25, -0.2) is 0 Å². The molecular weight excluding hydrogens is 196 g/mol. The fourth-order valence-corrected chi connectivity index (χ4v) is 2.26. The van der Waals surface area contributed by atoms with E-state index in [2.05, 4.69) is 30.1 Å². The van der Waals surface area contributed by atoms with E-state index in [9.17, 15) is 0 Å². The first-order valence-electron chi connectivity index (χ1n) is 6.18. The molecule has 1 heterocycles. The van der Waals surface area contributed by atoms with Crippen molar-refractivity contribution in [3.05, 3.63) is 36.1 Å². The van der Waals surface area contributed by atoms with E-state index in [1.807, 2.05) is 12.3 Å². The lowest BCUT2D eigenvalue weighted by molar-refractivity contribution is 0.564. The summed E-state index contributed by atoms with van der Waals surface area (Å²) in [6, 6.07) is 0.292. The Hall–Kier alpha value is -1.15. The van der Waals surface area contributed by atoms with Crippen LogP contribution in [-0.2, 0) is 0 Å². The van der Waals surface area contributed by atoms with Crippen molar-refractivity contribution in [1.29, 1.82) is 0 Å². The Morgan fingerprint density at radius 3 is 3.12 bits per heavy atom. The van der Waals surface area contributed by atoms with Gasteiger partial charge in [0.2, 0.25) is 0 Å². The fraction of sp³-hybridized carbons (Fsp3) is 0.500. The summed E-state index contributed by atoms with van der Waals surface area (Å²) in [4.78, 5) is 4.43. The van der Waals surface area contributed by atoms with Gasteiger partial charge in [0.1, 0.15) is 0 Å². The molecule has 0 fully saturated rings. The number of hydrogen-bond acceptors (Lipinski definition) is 2. The van der Waals surface area contributed by atoms with Crippen LogP contribution in [-0.4, -0.2) is 11.8 Å². The highest BCUT2D eigenvalue weighted by molar-refractivity contribution is 6.03. The molecule has 0 saturated heterocycles. The lowest BCUT2D eigenvalue weighted by atomic mass is 9.88. The van der Waals surface area contributed by atoms with E-state index < -0.39 is 0 Å². The van der Waals surface area contributed by atoms with Crippen molar-refractivity contribution in [2.24, 2.45) is 16.6 Å². The van der Waals surface area contributed by atoms with Gasteiger partial charge < -0.3 is 5.73 Å². The molecule has 1 aliphatic heterocycles. The van der Waals surface area contributed by atoms with Crippen LogP contribution in [0.1, 0.15) is 32.6 Å². The maximum absolute atomic E-state index is 6.13. The van der Waals surface area contributed by atoms with E-state index in [0.717, 1.165) is 12.8 Å². The quantitative estimate of drug-likeness (QED) is 0.754. The molecular formula is C14H20N2. The van der Waals surface area contributed by atoms with Gasteiger partial charge in [0.05, 0.1) is 5.71 Å². The number of hydrogen-bond donors (Lipinski definition) is 1. The zero-order valence-corrected chi connectivity index (χ0v) is 9.89. The van der Waals surface area contributed by atoms with Gasteiger partial charge in [-0.1, -0.05) is 38.0 Å². The first-order chi connectivity index (χ1) is 7.81. The number of aliphatic imine (C=N–C) groups is 1. The van der Waals surface area contributed by atoms with Gasteiger partial charge >= 0.3 is 0 Å². The summed E-state index contributed by atoms with van der Waals surface area (Å²) < 4.78 is 0. The first-order valence-corrected chi connectivity index (χ1v) is 6.18. The Bertz CT molecular complexity index is 361. The molecule has 1 aliphatic carbocycles. The molecule has 2 nitrogen and oxygen atoms in total. The summed E-state index contributed by atoms with van der Waals surface area (Å²) in [6.07, 6.45) is 15.0. The minimum atomic E-state index is 0.292. The van der Waals surface area contributed by atoms with Crippen LogP contribution >= 0.6 is 0 Å². The van der Waals surface area contributed by atoms with Crippen molar-refractivity contribution >= 4 is 5.71 Å². The predicted octanol–water partition coefficient (Wildman–Crippen LogP) is 2.97. The van der Waals surface area contributed by atoms with Gasteiger partial charge in [-0.2, -0.15) is 0 Å². The van der Waals surface area contributed by atoms with E-state index >= 15 is 0 Å². The number of nitrogens with zero attached hydrogens (tertiary/aromatic N) is 1. The Balaban J connectivity index is 1.89. The lowest BCUT2D eigenvalue weighted by Crippen LogP contribution is -2.23. The zero-order chi connectivity index (χ0) is 11.4. The van der Waals surface area contributed by atoms with Crippen LogP contribution in [0, 0.1) is 5.92 Å². The monoisotopic (exact) mass is 216 g/mol. The molecule has 0 aromatic heterocycles. The van der Waals surface area contributed by atoms with Crippen LogP contribution in [0.15, 0.2) is 41.1 Å². The fourth-order valence-electron chi connectivity index (χ4n) is 2.26. The van der Waals surface area contributed by atoms with E-state index in [1.165, 1.54) is 24.1 Å². The molecule has 2 atom stereocenters. The lowest BCUT2D eigenvalue weighted by Gasteiger charge is -2.17. The first kappa shape index (κ1) is 11.3. The maximum Gasteiger partial charge on any atom is 0.0513 e. The van der Waals surface area contributed by atoms with Crippen molar-refractivity contribution in [2.75, 3.05) is 0 Å². The third-order valence-electron chi connectivity index (χ3n) is 3.21. The van der Waals surface area contributed by atoms with Crippen LogP contribution in [0.25, 0.3) is 0 Å². The molecule has 2 N–H and O–H groups in total. The predicted molar refractivity (Wildman–Crippen MR) is 69.4 cm³/mol. The molecule has 0 aromatic carbocycles. The van der Waals surface area contributed by atoms with Gasteiger partial charge in [-0.05, 0) is 24.5 Å². The van der Waals surface area contributed by atoms with Crippen molar-refractivity contribution in [2.45, 2.75) is 38.6 Å². The van der Waals surface area contributed by atoms with Gasteiger partial charge in [-0.15, -0.1) is 0 Å². The van der Waals surface area contributed by atoms with Crippen LogP contribution in [0.5, 0.6) is 0 Å². The molecule has 0 unspecified atom stereocenters. The summed E-state index contributed by atoms with van der Waals surface area (Å²) in [5.74, 6) is 0.401. The second-order valence-corrected chi connectivity index (χ2v) is 4.59. The third-order valence-corrected chi connectivity index (χ3v) is 3.21. The second-order valence-electron chi connectivity index (χ2n) is 4.59. The van der Waals surface area contributed by atoms with Crippen LogP contribution < -0.4 is 5.73 Å². The van der Waals surface area contributed by atoms with Gasteiger partial charge in [0.25, 0.3) is 0 Å². The number of rotatable bonds is 5. The highest BCUT2D eigenvalue weighted by Crippen LogP contribution is 2.28. The van der Waals surface area contributed by atoms with E-state index in [0.29, 0.717) is 12.0 Å². The Morgan fingerprint density at radius 2 is 2.31 bits per heavy atom. The highest BCUT2D eigenvalue weighted by atomic mass is 14.8.